The number of hydrogen-bond donors (Lipinski definition) is 1. The summed E-state index contributed by atoms with van der Waals surface area (Å²) >= 11 is 0. The van der Waals surface area contributed by atoms with E-state index in [1.165, 1.54) is 5.56 Å². The van der Waals surface area contributed by atoms with E-state index < -0.39 is 6.10 Å². The third-order valence-corrected chi connectivity index (χ3v) is 3.84. The average molecular weight is 311 g/mol. The van der Waals surface area contributed by atoms with Gasteiger partial charge in [0.15, 0.2) is 6.10 Å². The van der Waals surface area contributed by atoms with Gasteiger partial charge in [-0.15, -0.1) is 0 Å². The number of anilines is 1. The summed E-state index contributed by atoms with van der Waals surface area (Å²) in [5.74, 6) is 1.11. The van der Waals surface area contributed by atoms with Crippen LogP contribution in [-0.2, 0) is 0 Å². The molecule has 1 unspecified atom stereocenters. The Hall–Kier alpha value is -2.29. The summed E-state index contributed by atoms with van der Waals surface area (Å²) in [5, 5.41) is 0. The van der Waals surface area contributed by atoms with Gasteiger partial charge in [0.1, 0.15) is 5.75 Å². The van der Waals surface area contributed by atoms with E-state index in [1.54, 1.807) is 12.1 Å². The zero-order chi connectivity index (χ0) is 16.8. The van der Waals surface area contributed by atoms with E-state index in [2.05, 4.69) is 13.8 Å². The van der Waals surface area contributed by atoms with Crippen LogP contribution in [0.2, 0.25) is 0 Å². The van der Waals surface area contributed by atoms with Crippen LogP contribution < -0.4 is 10.5 Å². The van der Waals surface area contributed by atoms with Gasteiger partial charge in [-0.2, -0.15) is 0 Å². The van der Waals surface area contributed by atoms with Crippen molar-refractivity contribution in [3.8, 4) is 5.75 Å². The van der Waals surface area contributed by atoms with E-state index in [9.17, 15) is 4.79 Å². The Labute approximate surface area is 138 Å². The van der Waals surface area contributed by atoms with Crippen molar-refractivity contribution in [1.82, 2.24) is 0 Å². The quantitative estimate of drug-likeness (QED) is 0.589. The maximum atomic E-state index is 12.7. The standard InChI is InChI=1S/C20H25NO2/c1-4-6-19(23-18-8-5-7-17(21)13-18)20(22)16-11-9-15(10-12-16)14(2)3/h5,7-14,19H,4,6,21H2,1-3H3. The Morgan fingerprint density at radius 3 is 2.39 bits per heavy atom. The predicted molar refractivity (Wildman–Crippen MR) is 95.0 cm³/mol. The zero-order valence-corrected chi connectivity index (χ0v) is 14.1. The minimum Gasteiger partial charge on any atom is -0.482 e. The Morgan fingerprint density at radius 1 is 1.13 bits per heavy atom. The van der Waals surface area contributed by atoms with Crippen molar-refractivity contribution in [2.45, 2.75) is 45.6 Å². The van der Waals surface area contributed by atoms with Crippen molar-refractivity contribution in [1.29, 1.82) is 0 Å². The highest BCUT2D eigenvalue weighted by molar-refractivity contribution is 5.99. The average Bonchev–Trinajstić information content (AvgIpc) is 2.54. The Bertz CT molecular complexity index is 647. The number of Topliss-reactive ketones (excluding diaryl/α,β-unsaturated/α-hetero) is 1. The first-order chi connectivity index (χ1) is 11.0. The molecule has 1 atom stereocenters. The molecule has 2 aromatic rings. The van der Waals surface area contributed by atoms with Gasteiger partial charge in [-0.25, -0.2) is 0 Å². The lowest BCUT2D eigenvalue weighted by atomic mass is 9.98. The first kappa shape index (κ1) is 17.1. The lowest BCUT2D eigenvalue weighted by molar-refractivity contribution is 0.0777. The number of hydrogen-bond acceptors (Lipinski definition) is 3. The predicted octanol–water partition coefficient (Wildman–Crippen LogP) is 4.82. The number of nitrogens with two attached hydrogens (primary N) is 1. The van der Waals surface area contributed by atoms with E-state index in [-0.39, 0.29) is 5.78 Å². The van der Waals surface area contributed by atoms with Gasteiger partial charge in [0, 0.05) is 17.3 Å². The largest absolute Gasteiger partial charge is 0.482 e. The second-order valence-corrected chi connectivity index (χ2v) is 6.11. The van der Waals surface area contributed by atoms with Crippen LogP contribution in [0.25, 0.3) is 0 Å². The topological polar surface area (TPSA) is 52.3 Å². The molecule has 3 heteroatoms. The van der Waals surface area contributed by atoms with Crippen molar-refractivity contribution in [2.75, 3.05) is 5.73 Å². The van der Waals surface area contributed by atoms with Gasteiger partial charge in [-0.1, -0.05) is 57.5 Å². The fourth-order valence-electron chi connectivity index (χ4n) is 2.48. The first-order valence-electron chi connectivity index (χ1n) is 8.17. The van der Waals surface area contributed by atoms with Gasteiger partial charge in [0.2, 0.25) is 5.78 Å². The van der Waals surface area contributed by atoms with Gasteiger partial charge < -0.3 is 10.5 Å². The fourth-order valence-corrected chi connectivity index (χ4v) is 2.48. The molecule has 2 aromatic carbocycles. The van der Waals surface area contributed by atoms with Crippen molar-refractivity contribution < 1.29 is 9.53 Å². The van der Waals surface area contributed by atoms with Crippen LogP contribution in [0.15, 0.2) is 48.5 Å². The van der Waals surface area contributed by atoms with Crippen molar-refractivity contribution in [3.05, 3.63) is 59.7 Å². The molecule has 2 rings (SSSR count). The monoisotopic (exact) mass is 311 g/mol. The van der Waals surface area contributed by atoms with Gasteiger partial charge >= 0.3 is 0 Å². The Balaban J connectivity index is 2.17. The molecular weight excluding hydrogens is 286 g/mol. The summed E-state index contributed by atoms with van der Waals surface area (Å²) in [7, 11) is 0. The highest BCUT2D eigenvalue weighted by atomic mass is 16.5. The van der Waals surface area contributed by atoms with Gasteiger partial charge in [0.25, 0.3) is 0 Å². The van der Waals surface area contributed by atoms with Crippen molar-refractivity contribution in [3.63, 3.8) is 0 Å². The second kappa shape index (κ2) is 7.82. The van der Waals surface area contributed by atoms with Gasteiger partial charge in [-0.05, 0) is 30.0 Å². The molecule has 0 heterocycles. The maximum absolute atomic E-state index is 12.7. The number of rotatable bonds is 7. The first-order valence-corrected chi connectivity index (χ1v) is 8.17. The summed E-state index contributed by atoms with van der Waals surface area (Å²) in [6, 6.07) is 15.0. The number of ether oxygens (including phenoxy) is 1. The molecule has 0 fully saturated rings. The highest BCUT2D eigenvalue weighted by Crippen LogP contribution is 2.21. The Kier molecular flexibility index (Phi) is 5.80. The summed E-state index contributed by atoms with van der Waals surface area (Å²) < 4.78 is 5.90. The zero-order valence-electron chi connectivity index (χ0n) is 14.1. The molecule has 0 aliphatic heterocycles. The van der Waals surface area contributed by atoms with Crippen LogP contribution in [0, 0.1) is 0 Å². The Morgan fingerprint density at radius 2 is 1.83 bits per heavy atom. The van der Waals surface area contributed by atoms with E-state index >= 15 is 0 Å². The highest BCUT2D eigenvalue weighted by Gasteiger charge is 2.21. The van der Waals surface area contributed by atoms with E-state index in [0.717, 1.165) is 6.42 Å². The van der Waals surface area contributed by atoms with Gasteiger partial charge in [-0.3, -0.25) is 4.79 Å². The molecule has 0 aromatic heterocycles. The molecule has 3 nitrogen and oxygen atoms in total. The summed E-state index contributed by atoms with van der Waals surface area (Å²) in [5.41, 5.74) is 8.33. The fraction of sp³-hybridized carbons (Fsp3) is 0.350. The number of carbonyl (C=O) groups is 1. The molecule has 23 heavy (non-hydrogen) atoms. The molecule has 0 spiro atoms. The molecule has 0 radical (unpaired) electrons. The molecule has 0 saturated heterocycles. The van der Waals surface area contributed by atoms with Crippen molar-refractivity contribution >= 4 is 11.5 Å². The molecular formula is C20H25NO2. The molecule has 122 valence electrons. The summed E-state index contributed by atoms with van der Waals surface area (Å²) in [6.07, 6.45) is 1.08. The minimum atomic E-state index is -0.480. The normalized spacial score (nSPS) is 12.2. The second-order valence-electron chi connectivity index (χ2n) is 6.11. The number of benzene rings is 2. The molecule has 2 N–H and O–H groups in total. The maximum Gasteiger partial charge on any atom is 0.203 e. The van der Waals surface area contributed by atoms with Crippen LogP contribution >= 0.6 is 0 Å². The van der Waals surface area contributed by atoms with Crippen LogP contribution in [0.4, 0.5) is 5.69 Å². The van der Waals surface area contributed by atoms with Crippen LogP contribution in [0.1, 0.15) is 55.5 Å². The van der Waals surface area contributed by atoms with Crippen LogP contribution in [0.3, 0.4) is 0 Å². The van der Waals surface area contributed by atoms with E-state index in [0.29, 0.717) is 29.3 Å². The molecule has 0 aliphatic rings. The third kappa shape index (κ3) is 4.59. The van der Waals surface area contributed by atoms with Crippen molar-refractivity contribution in [2.24, 2.45) is 0 Å². The number of ketones is 1. The lowest BCUT2D eigenvalue weighted by Gasteiger charge is -2.18. The van der Waals surface area contributed by atoms with Gasteiger partial charge in [0.05, 0.1) is 0 Å². The molecule has 0 amide bonds. The summed E-state index contributed by atoms with van der Waals surface area (Å²) in [6.45, 7) is 6.32. The van der Waals surface area contributed by atoms with E-state index in [4.69, 9.17) is 10.5 Å². The minimum absolute atomic E-state index is 0.0181. The third-order valence-electron chi connectivity index (χ3n) is 3.84. The van der Waals surface area contributed by atoms with Crippen LogP contribution in [-0.4, -0.2) is 11.9 Å². The molecule has 0 saturated carbocycles. The number of nitrogen functional groups attached to an aromatic ring is 1. The number of carbonyl (C=O) groups excluding carboxylic acids is 1. The SMILES string of the molecule is CCCC(Oc1cccc(N)c1)C(=O)c1ccc(C(C)C)cc1. The molecule has 0 aliphatic carbocycles. The molecule has 0 bridgehead atoms. The summed E-state index contributed by atoms with van der Waals surface area (Å²) in [4.78, 5) is 12.7. The van der Waals surface area contributed by atoms with Crippen LogP contribution in [0.5, 0.6) is 5.75 Å². The lowest BCUT2D eigenvalue weighted by Crippen LogP contribution is -2.27. The smallest absolute Gasteiger partial charge is 0.203 e. The van der Waals surface area contributed by atoms with E-state index in [1.807, 2.05) is 43.3 Å².